The Morgan fingerprint density at radius 3 is 2.76 bits per heavy atom. The summed E-state index contributed by atoms with van der Waals surface area (Å²) in [4.78, 5) is 21.0. The topological polar surface area (TPSA) is 118 Å². The van der Waals surface area contributed by atoms with Crippen LogP contribution in [0.2, 0.25) is 10.0 Å². The van der Waals surface area contributed by atoms with Crippen LogP contribution in [0.25, 0.3) is 16.9 Å². The number of aliphatic hydroxyl groups excluding tert-OH is 1. The van der Waals surface area contributed by atoms with Crippen molar-refractivity contribution in [3.05, 3.63) is 85.2 Å². The van der Waals surface area contributed by atoms with Gasteiger partial charge >= 0.3 is 11.7 Å². The van der Waals surface area contributed by atoms with Crippen LogP contribution in [0.3, 0.4) is 0 Å². The van der Waals surface area contributed by atoms with Gasteiger partial charge in [-0.15, -0.1) is 0 Å². The van der Waals surface area contributed by atoms with Crippen LogP contribution in [-0.4, -0.2) is 42.5 Å². The van der Waals surface area contributed by atoms with E-state index in [9.17, 15) is 23.1 Å². The highest BCUT2D eigenvalue weighted by Gasteiger charge is 2.33. The molecule has 4 N–H and O–H groups in total. The first-order valence-electron chi connectivity index (χ1n) is 12.6. The third-order valence-electron chi connectivity index (χ3n) is 6.68. The van der Waals surface area contributed by atoms with Crippen molar-refractivity contribution in [1.29, 1.82) is 0 Å². The third kappa shape index (κ3) is 5.64. The molecule has 2 unspecified atom stereocenters. The van der Waals surface area contributed by atoms with E-state index in [4.69, 9.17) is 27.9 Å². The lowest BCUT2D eigenvalue weighted by molar-refractivity contribution is -0.138. The maximum atomic E-state index is 13.3. The van der Waals surface area contributed by atoms with Crippen LogP contribution in [0.5, 0.6) is 5.75 Å². The lowest BCUT2D eigenvalue weighted by Gasteiger charge is -2.20. The Bertz CT molecular complexity index is 1740. The van der Waals surface area contributed by atoms with Crippen molar-refractivity contribution in [2.24, 2.45) is 0 Å². The van der Waals surface area contributed by atoms with Crippen LogP contribution in [0.1, 0.15) is 16.7 Å². The van der Waals surface area contributed by atoms with Crippen molar-refractivity contribution in [2.45, 2.75) is 37.6 Å². The van der Waals surface area contributed by atoms with E-state index in [-0.39, 0.29) is 34.5 Å². The Kier molecular flexibility index (Phi) is 7.74. The summed E-state index contributed by atoms with van der Waals surface area (Å²) in [5.74, 6) is 0.544. The Hall–Kier alpha value is -3.43. The molecule has 16 heteroatoms. The van der Waals surface area contributed by atoms with E-state index in [0.29, 0.717) is 41.5 Å². The second-order valence-corrected chi connectivity index (χ2v) is 11.3. The second-order valence-electron chi connectivity index (χ2n) is 9.48. The van der Waals surface area contributed by atoms with Gasteiger partial charge in [0.15, 0.2) is 16.9 Å². The molecule has 0 amide bonds. The molecule has 2 aromatic heterocycles. The number of aliphatic hydroxyl groups is 1. The number of ether oxygens (including phenoxy) is 1. The van der Waals surface area contributed by atoms with Crippen LogP contribution < -0.4 is 26.2 Å². The van der Waals surface area contributed by atoms with E-state index >= 15 is 0 Å². The predicted octanol–water partition coefficient (Wildman–Crippen LogP) is 4.45. The van der Waals surface area contributed by atoms with Gasteiger partial charge in [0.2, 0.25) is 5.95 Å². The summed E-state index contributed by atoms with van der Waals surface area (Å²) in [6, 6.07) is 8.29. The van der Waals surface area contributed by atoms with Crippen molar-refractivity contribution < 1.29 is 23.0 Å². The van der Waals surface area contributed by atoms with Gasteiger partial charge in [0.1, 0.15) is 18.3 Å². The lowest BCUT2D eigenvalue weighted by Crippen LogP contribution is -2.44. The fraction of sp³-hybridized carbons (Fsp3) is 0.269. The first-order valence-corrected chi connectivity index (χ1v) is 14.3. The average Bonchev–Trinajstić information content (AvgIpc) is 3.68. The van der Waals surface area contributed by atoms with Crippen LogP contribution in [0.4, 0.5) is 19.1 Å². The summed E-state index contributed by atoms with van der Waals surface area (Å²) < 4.78 is 48.9. The standard InChI is InChI=1S/C26H22Cl2F3N7O3S/c27-16-7-14(8-17(28)21(16)41-10-13-3-1-2-4-15(13)26(29,30)31)18-11-42-25(34-18)35-19(39)9-37-12-33-22-20(37)23(40)36-24-32-5-6-38(22)24/h1-4,7-8,11-12,19,25,34-35,39H,5-6,9-10H2,(H,32,36,40). The predicted molar refractivity (Wildman–Crippen MR) is 154 cm³/mol. The summed E-state index contributed by atoms with van der Waals surface area (Å²) in [6.45, 7) is 0.977. The van der Waals surface area contributed by atoms with Crippen molar-refractivity contribution in [3.8, 4) is 5.75 Å². The molecule has 2 aliphatic rings. The van der Waals surface area contributed by atoms with Crippen molar-refractivity contribution in [3.63, 3.8) is 0 Å². The van der Waals surface area contributed by atoms with Gasteiger partial charge < -0.3 is 25.0 Å². The number of halogens is 5. The Morgan fingerprint density at radius 1 is 1.24 bits per heavy atom. The molecule has 10 nitrogen and oxygen atoms in total. The number of hydrogen-bond donors (Lipinski definition) is 4. The maximum absolute atomic E-state index is 13.3. The fourth-order valence-corrected chi connectivity index (χ4v) is 6.28. The third-order valence-corrected chi connectivity index (χ3v) is 8.14. The van der Waals surface area contributed by atoms with Crippen molar-refractivity contribution in [2.75, 3.05) is 11.9 Å². The number of aromatic nitrogens is 4. The monoisotopic (exact) mass is 639 g/mol. The zero-order chi connectivity index (χ0) is 29.6. The average molecular weight is 640 g/mol. The Balaban J connectivity index is 1.09. The lowest BCUT2D eigenvalue weighted by atomic mass is 10.1. The van der Waals surface area contributed by atoms with Crippen LogP contribution in [0, 0.1) is 0 Å². The zero-order valence-corrected chi connectivity index (χ0v) is 23.8. The van der Waals surface area contributed by atoms with E-state index in [1.165, 1.54) is 36.3 Å². The fourth-order valence-electron chi connectivity index (χ4n) is 4.78. The zero-order valence-electron chi connectivity index (χ0n) is 21.5. The molecule has 2 aliphatic heterocycles. The Labute approximate surface area is 250 Å². The highest BCUT2D eigenvalue weighted by molar-refractivity contribution is 8.03. The molecule has 4 heterocycles. The van der Waals surface area contributed by atoms with Crippen molar-refractivity contribution >= 4 is 57.8 Å². The highest BCUT2D eigenvalue weighted by Crippen LogP contribution is 2.39. The molecule has 6 rings (SSSR count). The number of nitrogens with one attached hydrogen (secondary N) is 3. The summed E-state index contributed by atoms with van der Waals surface area (Å²) in [7, 11) is 0. The van der Waals surface area contributed by atoms with E-state index in [0.717, 1.165) is 6.07 Å². The molecular weight excluding hydrogens is 618 g/mol. The molecule has 0 saturated carbocycles. The number of fused-ring (bicyclic) bond motifs is 3. The summed E-state index contributed by atoms with van der Waals surface area (Å²) in [5.41, 5.74) is 0.382. The van der Waals surface area contributed by atoms with Crippen molar-refractivity contribution in [1.82, 2.24) is 29.7 Å². The van der Waals surface area contributed by atoms with E-state index in [1.54, 1.807) is 16.7 Å². The highest BCUT2D eigenvalue weighted by atomic mass is 35.5. The minimum atomic E-state index is -4.52. The normalized spacial score (nSPS) is 17.1. The van der Waals surface area contributed by atoms with Crippen LogP contribution in [-0.2, 0) is 25.9 Å². The first kappa shape index (κ1) is 28.7. The molecule has 42 heavy (non-hydrogen) atoms. The molecule has 0 saturated heterocycles. The molecule has 220 valence electrons. The second kappa shape index (κ2) is 11.3. The van der Waals surface area contributed by atoms with Crippen LogP contribution in [0.15, 0.2) is 52.9 Å². The van der Waals surface area contributed by atoms with E-state index in [2.05, 4.69) is 25.9 Å². The van der Waals surface area contributed by atoms with Gasteiger partial charge in [-0.2, -0.15) is 18.2 Å². The minimum absolute atomic E-state index is 0.0450. The number of benzene rings is 2. The van der Waals surface area contributed by atoms with Gasteiger partial charge in [-0.25, -0.2) is 4.98 Å². The molecule has 4 aromatic rings. The summed E-state index contributed by atoms with van der Waals surface area (Å²) in [6.07, 6.45) is -4.07. The number of alkyl halides is 3. The molecule has 2 aromatic carbocycles. The van der Waals surface area contributed by atoms with Gasteiger partial charge in [-0.3, -0.25) is 14.7 Å². The Morgan fingerprint density at radius 2 is 2.00 bits per heavy atom. The van der Waals surface area contributed by atoms with E-state index < -0.39 is 29.0 Å². The number of nitrogens with zero attached hydrogens (tertiary/aromatic N) is 4. The number of hydrogen-bond acceptors (Lipinski definition) is 9. The van der Waals surface area contributed by atoms with Gasteiger partial charge in [-0.1, -0.05) is 53.2 Å². The maximum Gasteiger partial charge on any atom is 0.416 e. The quantitative estimate of drug-likeness (QED) is 0.207. The van der Waals surface area contributed by atoms with Gasteiger partial charge in [0, 0.05) is 29.9 Å². The molecule has 0 bridgehead atoms. The molecule has 0 radical (unpaired) electrons. The number of rotatable bonds is 8. The molecule has 0 aliphatic carbocycles. The summed E-state index contributed by atoms with van der Waals surface area (Å²) >= 11 is 14.2. The molecule has 0 fully saturated rings. The van der Waals surface area contributed by atoms with Crippen LogP contribution >= 0.6 is 35.0 Å². The molecular formula is C26H22Cl2F3N7O3S. The summed E-state index contributed by atoms with van der Waals surface area (Å²) in [5, 5.41) is 22.1. The largest absolute Gasteiger partial charge is 0.486 e. The molecule has 2 atom stereocenters. The number of imidazole rings is 1. The van der Waals surface area contributed by atoms with E-state index in [1.807, 2.05) is 9.98 Å². The van der Waals surface area contributed by atoms with Gasteiger partial charge in [0.05, 0.1) is 28.5 Å². The smallest absolute Gasteiger partial charge is 0.416 e. The van der Waals surface area contributed by atoms with Gasteiger partial charge in [0.25, 0.3) is 0 Å². The molecule has 0 spiro atoms. The SMILES string of the molecule is O=c1nc2n(c3ncn(CC(O)NC4NC(c5cc(Cl)c(OCc6ccccc6C(F)(F)F)c(Cl)c5)=CS4)c13)CCN2. The van der Waals surface area contributed by atoms with Gasteiger partial charge in [-0.05, 0) is 23.6 Å². The number of thioether (sulfide) groups is 1. The first-order chi connectivity index (χ1) is 20.1. The minimum Gasteiger partial charge on any atom is -0.486 e. The number of anilines is 1.